The molecule has 3 N–H and O–H groups in total. The molecule has 1 heterocycles. The second-order valence-electron chi connectivity index (χ2n) is 6.53. The summed E-state index contributed by atoms with van der Waals surface area (Å²) in [5.74, 6) is 0.781. The van der Waals surface area contributed by atoms with Crippen molar-refractivity contribution < 1.29 is 4.79 Å². The molecule has 0 aromatic carbocycles. The highest BCUT2D eigenvalue weighted by Gasteiger charge is 2.45. The number of hydrogen-bond acceptors (Lipinski definition) is 4. The summed E-state index contributed by atoms with van der Waals surface area (Å²) in [7, 11) is 0. The number of hydrogen-bond donors (Lipinski definition) is 2. The van der Waals surface area contributed by atoms with Gasteiger partial charge in [0, 0.05) is 19.0 Å². The first-order valence-corrected chi connectivity index (χ1v) is 8.43. The number of amides is 1. The van der Waals surface area contributed by atoms with Crippen molar-refractivity contribution in [2.24, 2.45) is 17.8 Å². The average molecular weight is 320 g/mol. The Morgan fingerprint density at radius 2 is 1.65 bits per heavy atom. The minimum atomic E-state index is -0.515. The maximum Gasteiger partial charge on any atom is 0.332 e. The van der Waals surface area contributed by atoms with Crippen LogP contribution in [-0.2, 0) is 17.9 Å². The average Bonchev–Trinajstić information content (AvgIpc) is 3.39. The van der Waals surface area contributed by atoms with Crippen LogP contribution in [0.4, 0.5) is 11.5 Å². The number of carbonyl (C=O) groups excluding carboxylic acids is 1. The van der Waals surface area contributed by atoms with E-state index in [1.165, 1.54) is 4.57 Å². The van der Waals surface area contributed by atoms with Gasteiger partial charge in [-0.3, -0.25) is 18.7 Å². The van der Waals surface area contributed by atoms with Crippen LogP contribution in [0.15, 0.2) is 9.59 Å². The van der Waals surface area contributed by atoms with Gasteiger partial charge in [-0.15, -0.1) is 0 Å². The van der Waals surface area contributed by atoms with E-state index in [-0.39, 0.29) is 29.9 Å². The quantitative estimate of drug-likeness (QED) is 0.817. The summed E-state index contributed by atoms with van der Waals surface area (Å²) in [5, 5.41) is 2.74. The molecule has 1 aromatic rings. The molecule has 0 aliphatic heterocycles. The minimum Gasteiger partial charge on any atom is -0.383 e. The van der Waals surface area contributed by atoms with Gasteiger partial charge in [-0.05, 0) is 51.4 Å². The Labute approximate surface area is 134 Å². The van der Waals surface area contributed by atoms with Gasteiger partial charge in [0.05, 0.1) is 0 Å². The molecule has 0 unspecified atom stereocenters. The van der Waals surface area contributed by atoms with Gasteiger partial charge in [0.15, 0.2) is 0 Å². The van der Waals surface area contributed by atoms with Crippen LogP contribution in [0, 0.1) is 17.8 Å². The van der Waals surface area contributed by atoms with Gasteiger partial charge < -0.3 is 11.1 Å². The molecule has 126 valence electrons. The lowest BCUT2D eigenvalue weighted by atomic mass is 9.97. The van der Waals surface area contributed by atoms with E-state index in [1.54, 1.807) is 13.8 Å². The lowest BCUT2D eigenvalue weighted by molar-refractivity contribution is -0.121. The number of nitrogens with zero attached hydrogens (tertiary/aromatic N) is 2. The first-order valence-electron chi connectivity index (χ1n) is 8.43. The predicted octanol–water partition coefficient (Wildman–Crippen LogP) is 1.01. The van der Waals surface area contributed by atoms with E-state index in [9.17, 15) is 14.4 Å². The first kappa shape index (κ1) is 15.8. The van der Waals surface area contributed by atoms with Crippen molar-refractivity contribution in [1.29, 1.82) is 0 Å². The SMILES string of the molecule is CCn1c(N)c(NC(=O)C(C2CC2)C2CC2)c(=O)n(CC)c1=O. The third-order valence-electron chi connectivity index (χ3n) is 4.91. The van der Waals surface area contributed by atoms with Gasteiger partial charge in [-0.1, -0.05) is 0 Å². The maximum atomic E-state index is 12.7. The largest absolute Gasteiger partial charge is 0.383 e. The van der Waals surface area contributed by atoms with E-state index < -0.39 is 11.2 Å². The fraction of sp³-hybridized carbons (Fsp3) is 0.688. The number of aromatic nitrogens is 2. The molecule has 0 radical (unpaired) electrons. The van der Waals surface area contributed by atoms with Crippen molar-refractivity contribution in [2.45, 2.75) is 52.6 Å². The third kappa shape index (κ3) is 2.80. The van der Waals surface area contributed by atoms with Gasteiger partial charge in [-0.25, -0.2) is 4.79 Å². The Morgan fingerprint density at radius 1 is 1.13 bits per heavy atom. The Bertz CT molecular complexity index is 729. The highest BCUT2D eigenvalue weighted by molar-refractivity contribution is 5.95. The van der Waals surface area contributed by atoms with Crippen LogP contribution in [0.25, 0.3) is 0 Å². The monoisotopic (exact) mass is 320 g/mol. The van der Waals surface area contributed by atoms with Crippen molar-refractivity contribution in [3.05, 3.63) is 20.8 Å². The summed E-state index contributed by atoms with van der Waals surface area (Å²) >= 11 is 0. The fourth-order valence-electron chi connectivity index (χ4n) is 3.35. The molecule has 2 saturated carbocycles. The third-order valence-corrected chi connectivity index (χ3v) is 4.91. The fourth-order valence-corrected chi connectivity index (χ4v) is 3.35. The Hall–Kier alpha value is -2.05. The van der Waals surface area contributed by atoms with E-state index in [2.05, 4.69) is 5.32 Å². The molecular formula is C16H24N4O3. The lowest BCUT2D eigenvalue weighted by Gasteiger charge is -2.18. The molecule has 1 aromatic heterocycles. The second-order valence-corrected chi connectivity index (χ2v) is 6.53. The van der Waals surface area contributed by atoms with Crippen LogP contribution < -0.4 is 22.3 Å². The highest BCUT2D eigenvalue weighted by Crippen LogP contribution is 2.49. The summed E-state index contributed by atoms with van der Waals surface area (Å²) in [6.45, 7) is 4.10. The van der Waals surface area contributed by atoms with Gasteiger partial charge in [0.1, 0.15) is 11.5 Å². The summed E-state index contributed by atoms with van der Waals surface area (Å²) in [6, 6.07) is 0. The Balaban J connectivity index is 1.97. The molecular weight excluding hydrogens is 296 g/mol. The standard InChI is InChI=1S/C16H24N4O3/c1-3-19-13(17)12(15(22)20(4-2)16(19)23)18-14(21)11(9-5-6-9)10-7-8-10/h9-11H,3-8,17H2,1-2H3,(H,18,21). The number of anilines is 2. The lowest BCUT2D eigenvalue weighted by Crippen LogP contribution is -2.43. The van der Waals surface area contributed by atoms with Gasteiger partial charge in [0.25, 0.3) is 5.56 Å². The molecule has 2 aliphatic carbocycles. The smallest absolute Gasteiger partial charge is 0.332 e. The summed E-state index contributed by atoms with van der Waals surface area (Å²) in [6.07, 6.45) is 4.32. The van der Waals surface area contributed by atoms with Crippen LogP contribution in [0.5, 0.6) is 0 Å². The number of rotatable bonds is 6. The number of nitrogens with one attached hydrogen (secondary N) is 1. The van der Waals surface area contributed by atoms with Crippen molar-refractivity contribution in [2.75, 3.05) is 11.1 Å². The molecule has 0 bridgehead atoms. The molecule has 2 fully saturated rings. The molecule has 1 amide bonds. The van der Waals surface area contributed by atoms with Crippen LogP contribution in [0.1, 0.15) is 39.5 Å². The molecule has 23 heavy (non-hydrogen) atoms. The second kappa shape index (κ2) is 5.86. The van der Waals surface area contributed by atoms with E-state index in [0.29, 0.717) is 18.4 Å². The Morgan fingerprint density at radius 3 is 2.09 bits per heavy atom. The van der Waals surface area contributed by atoms with Crippen LogP contribution in [0.2, 0.25) is 0 Å². The molecule has 7 heteroatoms. The van der Waals surface area contributed by atoms with Crippen molar-refractivity contribution >= 4 is 17.4 Å². The van der Waals surface area contributed by atoms with E-state index in [0.717, 1.165) is 30.3 Å². The van der Waals surface area contributed by atoms with Crippen molar-refractivity contribution in [3.63, 3.8) is 0 Å². The number of carbonyl (C=O) groups is 1. The van der Waals surface area contributed by atoms with Gasteiger partial charge >= 0.3 is 5.69 Å². The molecule has 0 saturated heterocycles. The van der Waals surface area contributed by atoms with Crippen LogP contribution >= 0.6 is 0 Å². The zero-order valence-corrected chi connectivity index (χ0v) is 13.7. The van der Waals surface area contributed by atoms with E-state index in [1.807, 2.05) is 0 Å². The highest BCUT2D eigenvalue weighted by atomic mass is 16.2. The topological polar surface area (TPSA) is 99.1 Å². The summed E-state index contributed by atoms with van der Waals surface area (Å²) in [5.41, 5.74) is 5.08. The van der Waals surface area contributed by atoms with Crippen LogP contribution in [-0.4, -0.2) is 15.0 Å². The number of nitrogens with two attached hydrogens (primary N) is 1. The van der Waals surface area contributed by atoms with Gasteiger partial charge in [0.2, 0.25) is 5.91 Å². The van der Waals surface area contributed by atoms with E-state index in [4.69, 9.17) is 5.73 Å². The predicted molar refractivity (Wildman–Crippen MR) is 88.3 cm³/mol. The van der Waals surface area contributed by atoms with E-state index >= 15 is 0 Å². The molecule has 3 rings (SSSR count). The van der Waals surface area contributed by atoms with Crippen LogP contribution in [0.3, 0.4) is 0 Å². The first-order chi connectivity index (χ1) is 11.0. The summed E-state index contributed by atoms with van der Waals surface area (Å²) < 4.78 is 2.43. The zero-order valence-electron chi connectivity index (χ0n) is 13.7. The summed E-state index contributed by atoms with van der Waals surface area (Å²) in [4.78, 5) is 37.4. The Kier molecular flexibility index (Phi) is 4.04. The minimum absolute atomic E-state index is 0.0223. The van der Waals surface area contributed by atoms with Crippen molar-refractivity contribution in [1.82, 2.24) is 9.13 Å². The number of nitrogen functional groups attached to an aromatic ring is 1. The molecule has 7 nitrogen and oxygen atoms in total. The van der Waals surface area contributed by atoms with Crippen molar-refractivity contribution in [3.8, 4) is 0 Å². The molecule has 0 spiro atoms. The maximum absolute atomic E-state index is 12.7. The normalized spacial score (nSPS) is 17.5. The molecule has 2 aliphatic rings. The molecule has 0 atom stereocenters. The zero-order chi connectivity index (χ0) is 16.7. The van der Waals surface area contributed by atoms with Gasteiger partial charge in [-0.2, -0.15) is 0 Å².